The van der Waals surface area contributed by atoms with E-state index in [2.05, 4.69) is 48.3 Å². The first-order chi connectivity index (χ1) is 10.2. The van der Waals surface area contributed by atoms with Gasteiger partial charge in [0.15, 0.2) is 0 Å². The Kier molecular flexibility index (Phi) is 6.03. The molecule has 118 valence electrons. The second-order valence-electron chi connectivity index (χ2n) is 5.97. The number of likely N-dealkylation sites (N-methyl/N-ethyl adjacent to an activating group) is 2. The summed E-state index contributed by atoms with van der Waals surface area (Å²) in [7, 11) is 5.98. The first-order valence-corrected chi connectivity index (χ1v) is 7.89. The Labute approximate surface area is 129 Å². The van der Waals surface area contributed by atoms with Crippen molar-refractivity contribution in [3.8, 4) is 5.75 Å². The van der Waals surface area contributed by atoms with E-state index in [4.69, 9.17) is 4.74 Å². The van der Waals surface area contributed by atoms with E-state index in [0.717, 1.165) is 18.8 Å². The van der Waals surface area contributed by atoms with Gasteiger partial charge in [0, 0.05) is 25.2 Å². The first kappa shape index (κ1) is 16.3. The van der Waals surface area contributed by atoms with Crippen molar-refractivity contribution in [2.75, 3.05) is 47.4 Å². The zero-order valence-electron chi connectivity index (χ0n) is 13.8. The molecule has 2 atom stereocenters. The molecule has 4 nitrogen and oxygen atoms in total. The molecule has 4 heteroatoms. The van der Waals surface area contributed by atoms with Gasteiger partial charge in [-0.15, -0.1) is 0 Å². The number of nitrogens with one attached hydrogen (secondary N) is 1. The minimum absolute atomic E-state index is 0.347. The molecule has 1 fully saturated rings. The van der Waals surface area contributed by atoms with Crippen molar-refractivity contribution in [2.24, 2.45) is 0 Å². The number of hydrogen-bond donors (Lipinski definition) is 1. The Hall–Kier alpha value is -1.10. The Morgan fingerprint density at radius 2 is 1.81 bits per heavy atom. The third-order valence-corrected chi connectivity index (χ3v) is 4.60. The fourth-order valence-electron chi connectivity index (χ4n) is 3.18. The highest BCUT2D eigenvalue weighted by molar-refractivity contribution is 5.29. The van der Waals surface area contributed by atoms with Gasteiger partial charge in [-0.2, -0.15) is 0 Å². The maximum absolute atomic E-state index is 5.25. The van der Waals surface area contributed by atoms with Crippen molar-refractivity contribution < 1.29 is 4.74 Å². The zero-order valence-corrected chi connectivity index (χ0v) is 13.8. The number of benzene rings is 1. The average molecular weight is 291 g/mol. The molecule has 0 bridgehead atoms. The lowest BCUT2D eigenvalue weighted by molar-refractivity contribution is 0.178. The number of methoxy groups -OCH3 is 1. The minimum atomic E-state index is 0.347. The minimum Gasteiger partial charge on any atom is -0.497 e. The highest BCUT2D eigenvalue weighted by Gasteiger charge is 2.25. The molecule has 0 aromatic heterocycles. The maximum atomic E-state index is 5.25. The third-order valence-electron chi connectivity index (χ3n) is 4.60. The predicted molar refractivity (Wildman–Crippen MR) is 87.9 cm³/mol. The standard InChI is InChI=1S/C17H29N3O/c1-14(20-11-5-10-19(3)12-13-20)17(18-2)15-6-8-16(21-4)9-7-15/h6-9,14,17-18H,5,10-13H2,1-4H3. The number of nitrogens with zero attached hydrogens (tertiary/aromatic N) is 2. The zero-order chi connectivity index (χ0) is 15.2. The molecule has 0 radical (unpaired) electrons. The van der Waals surface area contributed by atoms with E-state index in [9.17, 15) is 0 Å². The molecule has 0 amide bonds. The van der Waals surface area contributed by atoms with E-state index < -0.39 is 0 Å². The van der Waals surface area contributed by atoms with Crippen LogP contribution in [0.5, 0.6) is 5.75 Å². The van der Waals surface area contributed by atoms with Gasteiger partial charge in [-0.05, 0) is 58.2 Å². The van der Waals surface area contributed by atoms with Gasteiger partial charge < -0.3 is 15.0 Å². The molecule has 1 aromatic carbocycles. The van der Waals surface area contributed by atoms with Crippen LogP contribution in [0, 0.1) is 0 Å². The second-order valence-corrected chi connectivity index (χ2v) is 5.97. The van der Waals surface area contributed by atoms with Crippen molar-refractivity contribution in [2.45, 2.75) is 25.4 Å². The lowest BCUT2D eigenvalue weighted by atomic mass is 9.99. The van der Waals surface area contributed by atoms with Crippen LogP contribution in [-0.2, 0) is 0 Å². The Morgan fingerprint density at radius 3 is 2.43 bits per heavy atom. The summed E-state index contributed by atoms with van der Waals surface area (Å²) >= 11 is 0. The SMILES string of the molecule is CNC(c1ccc(OC)cc1)C(C)N1CCCN(C)CC1. The fraction of sp³-hybridized carbons (Fsp3) is 0.647. The number of hydrogen-bond acceptors (Lipinski definition) is 4. The van der Waals surface area contributed by atoms with Crippen LogP contribution in [0.1, 0.15) is 24.9 Å². The summed E-state index contributed by atoms with van der Waals surface area (Å²) in [6.45, 7) is 7.02. The van der Waals surface area contributed by atoms with Gasteiger partial charge in [0.25, 0.3) is 0 Å². The largest absolute Gasteiger partial charge is 0.497 e. The molecule has 1 N–H and O–H groups in total. The van der Waals surface area contributed by atoms with E-state index in [1.807, 2.05) is 12.1 Å². The first-order valence-electron chi connectivity index (χ1n) is 7.89. The van der Waals surface area contributed by atoms with Crippen LogP contribution in [-0.4, -0.2) is 63.2 Å². The molecule has 2 rings (SSSR count). The van der Waals surface area contributed by atoms with Gasteiger partial charge >= 0.3 is 0 Å². The van der Waals surface area contributed by atoms with Gasteiger partial charge in [-0.3, -0.25) is 4.90 Å². The molecule has 1 aliphatic heterocycles. The number of rotatable bonds is 5. The van der Waals surface area contributed by atoms with Crippen LogP contribution in [0.15, 0.2) is 24.3 Å². The summed E-state index contributed by atoms with van der Waals surface area (Å²) < 4.78 is 5.25. The molecular formula is C17H29N3O. The lowest BCUT2D eigenvalue weighted by Gasteiger charge is -2.34. The molecule has 2 unspecified atom stereocenters. The average Bonchev–Trinajstić information content (AvgIpc) is 2.73. The van der Waals surface area contributed by atoms with Crippen LogP contribution in [0.25, 0.3) is 0 Å². The Bertz CT molecular complexity index is 421. The van der Waals surface area contributed by atoms with Crippen LogP contribution in [0.3, 0.4) is 0 Å². The predicted octanol–water partition coefficient (Wildman–Crippen LogP) is 1.98. The highest BCUT2D eigenvalue weighted by Crippen LogP contribution is 2.23. The van der Waals surface area contributed by atoms with Gasteiger partial charge in [0.2, 0.25) is 0 Å². The quantitative estimate of drug-likeness (QED) is 0.898. The van der Waals surface area contributed by atoms with Crippen LogP contribution >= 0.6 is 0 Å². The summed E-state index contributed by atoms with van der Waals surface area (Å²) in [5.74, 6) is 0.914. The molecule has 0 saturated carbocycles. The normalized spacial score (nSPS) is 20.8. The number of ether oxygens (including phenoxy) is 1. The third kappa shape index (κ3) is 4.19. The van der Waals surface area contributed by atoms with E-state index in [1.165, 1.54) is 25.1 Å². The molecular weight excluding hydrogens is 262 g/mol. The molecule has 1 aliphatic rings. The molecule has 1 saturated heterocycles. The molecule has 0 spiro atoms. The van der Waals surface area contributed by atoms with Gasteiger partial charge in [0.1, 0.15) is 5.75 Å². The topological polar surface area (TPSA) is 27.7 Å². The van der Waals surface area contributed by atoms with Crippen LogP contribution in [0.4, 0.5) is 0 Å². The van der Waals surface area contributed by atoms with E-state index in [0.29, 0.717) is 12.1 Å². The summed E-state index contributed by atoms with van der Waals surface area (Å²) in [5, 5.41) is 3.49. The lowest BCUT2D eigenvalue weighted by Crippen LogP contribution is -2.43. The van der Waals surface area contributed by atoms with Crippen LogP contribution in [0.2, 0.25) is 0 Å². The van der Waals surface area contributed by atoms with Gasteiger partial charge in [0.05, 0.1) is 7.11 Å². The summed E-state index contributed by atoms with van der Waals surface area (Å²) in [4.78, 5) is 5.03. The van der Waals surface area contributed by atoms with E-state index in [1.54, 1.807) is 7.11 Å². The van der Waals surface area contributed by atoms with Crippen molar-refractivity contribution in [1.82, 2.24) is 15.1 Å². The molecule has 21 heavy (non-hydrogen) atoms. The van der Waals surface area contributed by atoms with Crippen molar-refractivity contribution in [3.05, 3.63) is 29.8 Å². The van der Waals surface area contributed by atoms with Gasteiger partial charge in [-0.1, -0.05) is 12.1 Å². The summed E-state index contributed by atoms with van der Waals surface area (Å²) in [6.07, 6.45) is 1.25. The van der Waals surface area contributed by atoms with Gasteiger partial charge in [-0.25, -0.2) is 0 Å². The summed E-state index contributed by atoms with van der Waals surface area (Å²) in [6, 6.07) is 9.25. The molecule has 1 heterocycles. The molecule has 0 aliphatic carbocycles. The van der Waals surface area contributed by atoms with Crippen LogP contribution < -0.4 is 10.1 Å². The molecule has 1 aromatic rings. The fourth-order valence-corrected chi connectivity index (χ4v) is 3.18. The van der Waals surface area contributed by atoms with Crippen molar-refractivity contribution in [3.63, 3.8) is 0 Å². The second kappa shape index (κ2) is 7.78. The van der Waals surface area contributed by atoms with Crippen molar-refractivity contribution >= 4 is 0 Å². The van der Waals surface area contributed by atoms with E-state index in [-0.39, 0.29) is 0 Å². The van der Waals surface area contributed by atoms with Crippen molar-refractivity contribution in [1.29, 1.82) is 0 Å². The Balaban J connectivity index is 2.07. The smallest absolute Gasteiger partial charge is 0.118 e. The summed E-state index contributed by atoms with van der Waals surface area (Å²) in [5.41, 5.74) is 1.32. The van der Waals surface area contributed by atoms with E-state index >= 15 is 0 Å². The maximum Gasteiger partial charge on any atom is 0.118 e. The monoisotopic (exact) mass is 291 g/mol. The highest BCUT2D eigenvalue weighted by atomic mass is 16.5. The Morgan fingerprint density at radius 1 is 1.10 bits per heavy atom.